The van der Waals surface area contributed by atoms with Crippen molar-refractivity contribution in [3.8, 4) is 0 Å². The van der Waals surface area contributed by atoms with Crippen LogP contribution in [0.25, 0.3) is 5.78 Å². The van der Waals surface area contributed by atoms with E-state index in [1.807, 2.05) is 19.9 Å². The average Bonchev–Trinajstić information content (AvgIpc) is 2.77. The third-order valence-corrected chi connectivity index (χ3v) is 3.29. The zero-order valence-electron chi connectivity index (χ0n) is 10.7. The van der Waals surface area contributed by atoms with Crippen molar-refractivity contribution in [1.82, 2.24) is 30.4 Å². The number of hydrogen-bond acceptors (Lipinski definition) is 6. The van der Waals surface area contributed by atoms with Crippen LogP contribution < -0.4 is 10.9 Å². The Morgan fingerprint density at radius 1 is 1.45 bits per heavy atom. The Hall–Kier alpha value is -1.39. The van der Waals surface area contributed by atoms with Gasteiger partial charge < -0.3 is 0 Å². The van der Waals surface area contributed by atoms with Crippen LogP contribution in [0.15, 0.2) is 11.2 Å². The summed E-state index contributed by atoms with van der Waals surface area (Å²) in [5, 5.41) is 4.78. The topological polar surface area (TPSA) is 84.2 Å². The lowest BCUT2D eigenvalue weighted by Gasteiger charge is -2.03. The van der Waals surface area contributed by atoms with E-state index < -0.39 is 0 Å². The highest BCUT2D eigenvalue weighted by Crippen LogP contribution is 2.14. The van der Waals surface area contributed by atoms with Gasteiger partial charge in [0, 0.05) is 11.4 Å². The molecule has 2 rings (SSSR count). The standard InChI is InChI=1S/C10H12N6OS3/c1-5-3-6(2)16-8(11-5)12-9(15-16)20-4-7(17)13-14-10(18)19/h3H,4H2,1-2H3,(H,13,17)(H2,14,18,19). The van der Waals surface area contributed by atoms with Crippen molar-refractivity contribution in [2.75, 3.05) is 5.75 Å². The minimum atomic E-state index is -0.244. The first-order valence-corrected chi connectivity index (χ1v) is 7.41. The number of amides is 1. The number of fused-ring (bicyclic) bond motifs is 1. The van der Waals surface area contributed by atoms with Gasteiger partial charge in [0.2, 0.25) is 11.1 Å². The number of thiol groups is 1. The molecule has 2 N–H and O–H groups in total. The molecule has 0 saturated heterocycles. The third-order valence-electron chi connectivity index (χ3n) is 2.24. The lowest BCUT2D eigenvalue weighted by atomic mass is 10.4. The molecule has 0 saturated carbocycles. The van der Waals surface area contributed by atoms with Gasteiger partial charge in [-0.25, -0.2) is 9.50 Å². The Morgan fingerprint density at radius 2 is 2.20 bits per heavy atom. The van der Waals surface area contributed by atoms with E-state index in [2.05, 4.69) is 50.8 Å². The highest BCUT2D eigenvalue weighted by molar-refractivity contribution is 8.11. The van der Waals surface area contributed by atoms with Crippen LogP contribution in [0.2, 0.25) is 0 Å². The van der Waals surface area contributed by atoms with Gasteiger partial charge >= 0.3 is 0 Å². The summed E-state index contributed by atoms with van der Waals surface area (Å²) < 4.78 is 1.85. The summed E-state index contributed by atoms with van der Waals surface area (Å²) in [6.45, 7) is 3.82. The van der Waals surface area contributed by atoms with Crippen LogP contribution in [0.3, 0.4) is 0 Å². The fourth-order valence-corrected chi connectivity index (χ4v) is 2.22. The Bertz CT molecular complexity index is 670. The summed E-state index contributed by atoms with van der Waals surface area (Å²) in [6, 6.07) is 1.92. The maximum Gasteiger partial charge on any atom is 0.253 e. The van der Waals surface area contributed by atoms with E-state index in [-0.39, 0.29) is 16.0 Å². The van der Waals surface area contributed by atoms with Crippen molar-refractivity contribution < 1.29 is 4.79 Å². The minimum absolute atomic E-state index is 0.165. The van der Waals surface area contributed by atoms with Crippen LogP contribution in [0.1, 0.15) is 11.4 Å². The summed E-state index contributed by atoms with van der Waals surface area (Å²) in [7, 11) is 0. The van der Waals surface area contributed by atoms with Gasteiger partial charge in [0.05, 0.1) is 5.75 Å². The van der Waals surface area contributed by atoms with Gasteiger partial charge in [-0.3, -0.25) is 15.6 Å². The number of nitrogens with one attached hydrogen (secondary N) is 2. The van der Waals surface area contributed by atoms with E-state index in [9.17, 15) is 4.79 Å². The largest absolute Gasteiger partial charge is 0.283 e. The zero-order chi connectivity index (χ0) is 14.7. The molecule has 20 heavy (non-hydrogen) atoms. The molecule has 0 radical (unpaired) electrons. The van der Waals surface area contributed by atoms with Crippen LogP contribution in [-0.4, -0.2) is 35.6 Å². The van der Waals surface area contributed by atoms with E-state index in [0.717, 1.165) is 11.4 Å². The van der Waals surface area contributed by atoms with Gasteiger partial charge in [-0.15, -0.1) is 17.7 Å². The maximum atomic E-state index is 11.5. The van der Waals surface area contributed by atoms with Crippen LogP contribution in [0.5, 0.6) is 0 Å². The van der Waals surface area contributed by atoms with Gasteiger partial charge in [0.25, 0.3) is 5.78 Å². The van der Waals surface area contributed by atoms with E-state index in [4.69, 9.17) is 0 Å². The second-order valence-corrected chi connectivity index (χ2v) is 6.01. The SMILES string of the molecule is Cc1cc(C)n2nc(SCC(=O)NNC(=S)S)nc2n1. The van der Waals surface area contributed by atoms with Gasteiger partial charge in [0.15, 0.2) is 0 Å². The number of nitrogens with zero attached hydrogens (tertiary/aromatic N) is 4. The summed E-state index contributed by atoms with van der Waals surface area (Å²) in [5.41, 5.74) is 6.67. The normalized spacial score (nSPS) is 10.6. The molecule has 0 aliphatic carbocycles. The minimum Gasteiger partial charge on any atom is -0.283 e. The average molecular weight is 328 g/mol. The van der Waals surface area contributed by atoms with Crippen molar-refractivity contribution in [2.45, 2.75) is 19.0 Å². The molecule has 10 heteroatoms. The molecular weight excluding hydrogens is 316 g/mol. The van der Waals surface area contributed by atoms with Crippen LogP contribution in [0.4, 0.5) is 0 Å². The molecule has 2 aromatic heterocycles. The first kappa shape index (κ1) is 15.0. The molecule has 7 nitrogen and oxygen atoms in total. The fraction of sp³-hybridized carbons (Fsp3) is 0.300. The van der Waals surface area contributed by atoms with Crippen molar-refractivity contribution >= 4 is 52.6 Å². The number of hydrogen-bond donors (Lipinski definition) is 3. The molecule has 2 aromatic rings. The fourth-order valence-electron chi connectivity index (χ4n) is 1.50. The van der Waals surface area contributed by atoms with Gasteiger partial charge in [0.1, 0.15) is 4.32 Å². The number of hydrazine groups is 1. The van der Waals surface area contributed by atoms with Crippen LogP contribution >= 0.6 is 36.6 Å². The second kappa shape index (κ2) is 6.37. The number of carbonyl (C=O) groups excluding carboxylic acids is 1. The summed E-state index contributed by atoms with van der Waals surface area (Å²) in [6.07, 6.45) is 0. The monoisotopic (exact) mass is 328 g/mol. The molecule has 106 valence electrons. The number of aryl methyl sites for hydroxylation is 2. The quantitative estimate of drug-likeness (QED) is 0.330. The van der Waals surface area contributed by atoms with E-state index in [0.29, 0.717) is 10.9 Å². The maximum absolute atomic E-state index is 11.5. The highest BCUT2D eigenvalue weighted by atomic mass is 32.2. The molecule has 2 heterocycles. The molecule has 0 atom stereocenters. The number of thioether (sulfide) groups is 1. The molecule has 0 aliphatic heterocycles. The van der Waals surface area contributed by atoms with Crippen molar-refractivity contribution in [2.24, 2.45) is 0 Å². The first-order chi connectivity index (χ1) is 9.45. The molecule has 1 amide bonds. The number of rotatable bonds is 3. The summed E-state index contributed by atoms with van der Waals surface area (Å²) >= 11 is 9.70. The summed E-state index contributed by atoms with van der Waals surface area (Å²) in [5.74, 6) is 0.448. The predicted octanol–water partition coefficient (Wildman–Crippen LogP) is 0.669. The van der Waals surface area contributed by atoms with Crippen LogP contribution in [0, 0.1) is 13.8 Å². The molecular formula is C10H12N6OS3. The highest BCUT2D eigenvalue weighted by Gasteiger charge is 2.10. The van der Waals surface area contributed by atoms with Gasteiger partial charge in [-0.2, -0.15) is 4.98 Å². The molecule has 0 aromatic carbocycles. The van der Waals surface area contributed by atoms with Crippen LogP contribution in [-0.2, 0) is 4.79 Å². The Morgan fingerprint density at radius 3 is 2.90 bits per heavy atom. The molecule has 0 fully saturated rings. The van der Waals surface area contributed by atoms with E-state index in [1.165, 1.54) is 11.8 Å². The molecule has 0 aliphatic rings. The van der Waals surface area contributed by atoms with Crippen molar-refractivity contribution in [3.05, 3.63) is 17.5 Å². The predicted molar refractivity (Wildman–Crippen MR) is 83.8 cm³/mol. The van der Waals surface area contributed by atoms with Crippen molar-refractivity contribution in [1.29, 1.82) is 0 Å². The lowest BCUT2D eigenvalue weighted by molar-refractivity contribution is -0.119. The molecule has 0 spiro atoms. The smallest absolute Gasteiger partial charge is 0.253 e. The number of carbonyl (C=O) groups is 1. The number of aromatic nitrogens is 4. The second-order valence-electron chi connectivity index (χ2n) is 3.91. The van der Waals surface area contributed by atoms with Crippen molar-refractivity contribution in [3.63, 3.8) is 0 Å². The Labute approximate surface area is 130 Å². The lowest BCUT2D eigenvalue weighted by Crippen LogP contribution is -2.39. The molecule has 0 unspecified atom stereocenters. The number of thiocarbonyl (C=S) groups is 1. The van der Waals surface area contributed by atoms with E-state index in [1.54, 1.807) is 4.52 Å². The third kappa shape index (κ3) is 3.81. The van der Waals surface area contributed by atoms with E-state index >= 15 is 0 Å². The first-order valence-electron chi connectivity index (χ1n) is 5.57. The Balaban J connectivity index is 2.02. The van der Waals surface area contributed by atoms with Gasteiger partial charge in [-0.1, -0.05) is 24.0 Å². The van der Waals surface area contributed by atoms with Gasteiger partial charge in [-0.05, 0) is 19.9 Å². The molecule has 0 bridgehead atoms. The Kier molecular flexibility index (Phi) is 4.78. The summed E-state index contributed by atoms with van der Waals surface area (Å²) in [4.78, 5) is 20.0. The zero-order valence-corrected chi connectivity index (χ0v) is 13.3.